The monoisotopic (exact) mass is 413 g/mol. The van der Waals surface area contributed by atoms with Gasteiger partial charge in [0.1, 0.15) is 0 Å². The molecule has 0 aromatic heterocycles. The number of sulfonamides is 1. The molecule has 1 amide bonds. The van der Waals surface area contributed by atoms with E-state index in [0.717, 1.165) is 19.5 Å². The average molecular weight is 414 g/mol. The standard InChI is InChI=1S/C22H27N3O3S/c1-18(24-12-11-19-7-5-6-8-20(19)17-24)22(26)23-13-15-25(16-14-23)29(27,28)21-9-3-2-4-10-21/h2-10,18H,11-17H2,1H3/t18-/m0/s1. The topological polar surface area (TPSA) is 60.9 Å². The minimum Gasteiger partial charge on any atom is -0.339 e. The minimum atomic E-state index is -3.50. The lowest BCUT2D eigenvalue weighted by atomic mass is 9.98. The second kappa shape index (κ2) is 8.26. The van der Waals surface area contributed by atoms with Crippen LogP contribution >= 0.6 is 0 Å². The van der Waals surface area contributed by atoms with Gasteiger partial charge in [-0.15, -0.1) is 0 Å². The van der Waals surface area contributed by atoms with Crippen molar-refractivity contribution in [2.24, 2.45) is 0 Å². The molecule has 4 rings (SSSR count). The van der Waals surface area contributed by atoms with Gasteiger partial charge in [0, 0.05) is 39.3 Å². The summed E-state index contributed by atoms with van der Waals surface area (Å²) in [6.07, 6.45) is 0.955. The number of carbonyl (C=O) groups excluding carboxylic acids is 1. The summed E-state index contributed by atoms with van der Waals surface area (Å²) in [4.78, 5) is 17.4. The molecule has 0 bridgehead atoms. The maximum atomic E-state index is 13.1. The minimum absolute atomic E-state index is 0.0844. The van der Waals surface area contributed by atoms with Crippen molar-refractivity contribution in [3.8, 4) is 0 Å². The first-order chi connectivity index (χ1) is 14.0. The highest BCUT2D eigenvalue weighted by Gasteiger charge is 2.33. The summed E-state index contributed by atoms with van der Waals surface area (Å²) >= 11 is 0. The van der Waals surface area contributed by atoms with Crippen LogP contribution in [0.3, 0.4) is 0 Å². The summed E-state index contributed by atoms with van der Waals surface area (Å²) in [6, 6.07) is 16.7. The van der Waals surface area contributed by atoms with Crippen molar-refractivity contribution >= 4 is 15.9 Å². The second-order valence-electron chi connectivity index (χ2n) is 7.71. The lowest BCUT2D eigenvalue weighted by Gasteiger charge is -2.39. The van der Waals surface area contributed by atoms with Gasteiger partial charge in [-0.3, -0.25) is 9.69 Å². The van der Waals surface area contributed by atoms with Crippen molar-refractivity contribution in [1.29, 1.82) is 0 Å². The van der Waals surface area contributed by atoms with E-state index in [1.54, 1.807) is 30.3 Å². The van der Waals surface area contributed by atoms with Crippen LogP contribution in [0.2, 0.25) is 0 Å². The molecule has 7 heteroatoms. The van der Waals surface area contributed by atoms with Gasteiger partial charge in [-0.2, -0.15) is 4.31 Å². The van der Waals surface area contributed by atoms with E-state index in [9.17, 15) is 13.2 Å². The van der Waals surface area contributed by atoms with E-state index >= 15 is 0 Å². The molecule has 0 radical (unpaired) electrons. The zero-order valence-electron chi connectivity index (χ0n) is 16.7. The lowest BCUT2D eigenvalue weighted by Crippen LogP contribution is -2.55. The molecule has 2 aliphatic heterocycles. The molecule has 0 unspecified atom stereocenters. The van der Waals surface area contributed by atoms with Gasteiger partial charge in [-0.05, 0) is 36.6 Å². The van der Waals surface area contributed by atoms with Crippen LogP contribution in [0.5, 0.6) is 0 Å². The molecule has 1 atom stereocenters. The maximum absolute atomic E-state index is 13.1. The van der Waals surface area contributed by atoms with E-state index in [4.69, 9.17) is 0 Å². The van der Waals surface area contributed by atoms with Crippen molar-refractivity contribution < 1.29 is 13.2 Å². The number of rotatable bonds is 4. The summed E-state index contributed by atoms with van der Waals surface area (Å²) in [7, 11) is -3.50. The fourth-order valence-electron chi connectivity index (χ4n) is 4.16. The zero-order valence-corrected chi connectivity index (χ0v) is 17.5. The third-order valence-corrected chi connectivity index (χ3v) is 7.91. The van der Waals surface area contributed by atoms with Crippen molar-refractivity contribution in [1.82, 2.24) is 14.1 Å². The normalized spacial score (nSPS) is 19.6. The van der Waals surface area contributed by atoms with Crippen LogP contribution in [0.1, 0.15) is 18.1 Å². The largest absolute Gasteiger partial charge is 0.339 e. The Morgan fingerprint density at radius 2 is 1.48 bits per heavy atom. The summed E-state index contributed by atoms with van der Waals surface area (Å²) in [5.74, 6) is 0.0844. The molecule has 2 aromatic carbocycles. The average Bonchev–Trinajstić information content (AvgIpc) is 2.78. The van der Waals surface area contributed by atoms with Gasteiger partial charge in [-0.25, -0.2) is 8.42 Å². The Kier molecular flexibility index (Phi) is 5.72. The molecule has 1 saturated heterocycles. The van der Waals surface area contributed by atoms with Crippen LogP contribution in [0.15, 0.2) is 59.5 Å². The van der Waals surface area contributed by atoms with E-state index in [2.05, 4.69) is 23.1 Å². The van der Waals surface area contributed by atoms with Gasteiger partial charge in [-0.1, -0.05) is 42.5 Å². The molecular weight excluding hydrogens is 386 g/mol. The SMILES string of the molecule is C[C@@H](C(=O)N1CCN(S(=O)(=O)c2ccccc2)CC1)N1CCc2ccccc2C1. The first kappa shape index (κ1) is 20.1. The predicted molar refractivity (Wildman–Crippen MR) is 112 cm³/mol. The van der Waals surface area contributed by atoms with E-state index in [0.29, 0.717) is 31.1 Å². The Balaban J connectivity index is 1.37. The molecule has 0 spiro atoms. The van der Waals surface area contributed by atoms with Gasteiger partial charge >= 0.3 is 0 Å². The van der Waals surface area contributed by atoms with Crippen LogP contribution in [-0.2, 0) is 27.8 Å². The molecular formula is C22H27N3O3S. The van der Waals surface area contributed by atoms with Gasteiger partial charge in [0.05, 0.1) is 10.9 Å². The Morgan fingerprint density at radius 3 is 2.17 bits per heavy atom. The quantitative estimate of drug-likeness (QED) is 0.769. The highest BCUT2D eigenvalue weighted by molar-refractivity contribution is 7.89. The molecule has 2 aromatic rings. The van der Waals surface area contributed by atoms with Crippen LogP contribution < -0.4 is 0 Å². The summed E-state index contributed by atoms with van der Waals surface area (Å²) in [5, 5.41) is 0. The number of piperazine rings is 1. The molecule has 0 N–H and O–H groups in total. The van der Waals surface area contributed by atoms with E-state index in [1.165, 1.54) is 15.4 Å². The highest BCUT2D eigenvalue weighted by Crippen LogP contribution is 2.22. The number of nitrogens with zero attached hydrogens (tertiary/aromatic N) is 3. The van der Waals surface area contributed by atoms with E-state index in [-0.39, 0.29) is 11.9 Å². The zero-order chi connectivity index (χ0) is 20.4. The first-order valence-electron chi connectivity index (χ1n) is 10.1. The molecule has 1 fully saturated rings. The van der Waals surface area contributed by atoms with Crippen molar-refractivity contribution in [3.63, 3.8) is 0 Å². The van der Waals surface area contributed by atoms with Crippen molar-refractivity contribution in [2.45, 2.75) is 30.8 Å². The predicted octanol–water partition coefficient (Wildman–Crippen LogP) is 1.97. The molecule has 0 aliphatic carbocycles. The van der Waals surface area contributed by atoms with Crippen molar-refractivity contribution in [3.05, 3.63) is 65.7 Å². The molecule has 6 nitrogen and oxygen atoms in total. The summed E-state index contributed by atoms with van der Waals surface area (Å²) < 4.78 is 27.0. The van der Waals surface area contributed by atoms with Crippen LogP contribution in [0, 0.1) is 0 Å². The Bertz CT molecular complexity index is 970. The Morgan fingerprint density at radius 1 is 0.862 bits per heavy atom. The molecule has 29 heavy (non-hydrogen) atoms. The third kappa shape index (κ3) is 4.08. The van der Waals surface area contributed by atoms with Crippen LogP contribution in [0.25, 0.3) is 0 Å². The summed E-state index contributed by atoms with van der Waals surface area (Å²) in [6.45, 7) is 5.14. The number of carbonyl (C=O) groups is 1. The van der Waals surface area contributed by atoms with Crippen LogP contribution in [-0.4, -0.2) is 67.2 Å². The maximum Gasteiger partial charge on any atom is 0.243 e. The summed E-state index contributed by atoms with van der Waals surface area (Å²) in [5.41, 5.74) is 2.65. The van der Waals surface area contributed by atoms with E-state index < -0.39 is 10.0 Å². The molecule has 2 heterocycles. The first-order valence-corrected chi connectivity index (χ1v) is 11.6. The van der Waals surface area contributed by atoms with Gasteiger partial charge in [0.15, 0.2) is 0 Å². The highest BCUT2D eigenvalue weighted by atomic mass is 32.2. The molecule has 154 valence electrons. The van der Waals surface area contributed by atoms with Gasteiger partial charge < -0.3 is 4.90 Å². The van der Waals surface area contributed by atoms with E-state index in [1.807, 2.05) is 17.9 Å². The van der Waals surface area contributed by atoms with Crippen LogP contribution in [0.4, 0.5) is 0 Å². The van der Waals surface area contributed by atoms with Gasteiger partial charge in [0.2, 0.25) is 15.9 Å². The number of benzene rings is 2. The lowest BCUT2D eigenvalue weighted by molar-refractivity contribution is -0.138. The fourth-order valence-corrected chi connectivity index (χ4v) is 5.60. The fraction of sp³-hybridized carbons (Fsp3) is 0.409. The Labute approximate surface area is 172 Å². The third-order valence-electron chi connectivity index (χ3n) is 6.00. The number of hydrogen-bond acceptors (Lipinski definition) is 4. The molecule has 0 saturated carbocycles. The van der Waals surface area contributed by atoms with Gasteiger partial charge in [0.25, 0.3) is 0 Å². The molecule has 2 aliphatic rings. The number of hydrogen-bond donors (Lipinski definition) is 0. The Hall–Kier alpha value is -2.22. The second-order valence-corrected chi connectivity index (χ2v) is 9.65. The number of fused-ring (bicyclic) bond motifs is 1. The van der Waals surface area contributed by atoms with Crippen molar-refractivity contribution in [2.75, 3.05) is 32.7 Å². The number of amides is 1. The smallest absolute Gasteiger partial charge is 0.243 e.